The molecular formula is C104H223O2P4+3. The predicted octanol–water partition coefficient (Wildman–Crippen LogP) is 40.0. The van der Waals surface area contributed by atoms with Crippen LogP contribution < -0.4 is 0 Å². The lowest BCUT2D eigenvalue weighted by Crippen LogP contribution is -2.24. The largest absolute Gasteiger partial charge is 0.346 e. The Hall–Kier alpha value is 1.48. The van der Waals surface area contributed by atoms with Gasteiger partial charge in [-0.3, -0.25) is 4.57 Å². The van der Waals surface area contributed by atoms with E-state index in [1.165, 1.54) is 385 Å². The van der Waals surface area contributed by atoms with E-state index in [9.17, 15) is 4.57 Å². The number of hydrogen-bond acceptors (Lipinski definition) is 1. The zero-order valence-corrected chi connectivity index (χ0v) is 84.3. The molecule has 6 heteroatoms. The van der Waals surface area contributed by atoms with E-state index in [4.69, 9.17) is 4.89 Å². The highest BCUT2D eigenvalue weighted by atomic mass is 31.2. The number of hydrogen-bond donors (Lipinski definition) is 1. The molecular weight excluding hydrogens is 1410 g/mol. The molecule has 0 aliphatic carbocycles. The Balaban J connectivity index is -0.000000714. The highest BCUT2D eigenvalue weighted by Crippen LogP contribution is 2.64. The van der Waals surface area contributed by atoms with Crippen molar-refractivity contribution in [3.05, 3.63) is 0 Å². The smallest absolute Gasteiger partial charge is 0.194 e. The van der Waals surface area contributed by atoms with Crippen LogP contribution in [-0.2, 0) is 4.57 Å². The lowest BCUT2D eigenvalue weighted by molar-refractivity contribution is 0.371. The lowest BCUT2D eigenvalue weighted by atomic mass is 9.93. The molecule has 0 saturated heterocycles. The number of unbranched alkanes of at least 4 members (excludes halogenated alkanes) is 60. The van der Waals surface area contributed by atoms with Gasteiger partial charge >= 0.3 is 0 Å². The Kier molecular flexibility index (Phi) is 103. The van der Waals surface area contributed by atoms with Gasteiger partial charge in [-0.2, -0.15) is 0 Å². The summed E-state index contributed by atoms with van der Waals surface area (Å²) < 4.78 is 10.9. The standard InChI is InChI=1S/3C32H68P.C8H19O2P/c3*1-5-9-13-17-18-19-20-21-22-23-24-28-32-33(29-25-14-10-6-2,30-26-15-11-7-3)31-27-16-12-8-4;1-5-6-7(2)8(3,4)11(9)10/h3*5-32H2,1-4H3;7,11H,5-6H2,1-4H3,(H,9,10)/q3*+1;. The zero-order chi connectivity index (χ0) is 82.0. The highest BCUT2D eigenvalue weighted by Gasteiger charge is 2.38. The molecule has 1 N–H and O–H groups in total. The van der Waals surface area contributed by atoms with Gasteiger partial charge in [-0.1, -0.05) is 425 Å². The Bertz CT molecular complexity index is 1410. The lowest BCUT2D eigenvalue weighted by Gasteiger charge is -2.28. The second kappa shape index (κ2) is 95.9. The third-order valence-electron chi connectivity index (χ3n) is 26.3. The summed E-state index contributed by atoms with van der Waals surface area (Å²) in [6.45, 7) is 36.1. The first-order valence-electron chi connectivity index (χ1n) is 52.4. The maximum Gasteiger partial charge on any atom is 0.194 e. The van der Waals surface area contributed by atoms with Crippen molar-refractivity contribution in [1.82, 2.24) is 0 Å². The summed E-state index contributed by atoms with van der Waals surface area (Å²) in [4.78, 5) is 9.02. The van der Waals surface area contributed by atoms with Gasteiger partial charge in [0, 0.05) is 26.9 Å². The highest BCUT2D eigenvalue weighted by molar-refractivity contribution is 7.76. The first kappa shape index (κ1) is 118. The van der Waals surface area contributed by atoms with Gasteiger partial charge in [0.05, 0.1) is 73.9 Å². The van der Waals surface area contributed by atoms with Gasteiger partial charge in [0.15, 0.2) is 8.03 Å². The van der Waals surface area contributed by atoms with Crippen LogP contribution in [0.15, 0.2) is 0 Å². The van der Waals surface area contributed by atoms with Crippen LogP contribution in [0, 0.1) is 5.92 Å². The molecule has 110 heavy (non-hydrogen) atoms. The van der Waals surface area contributed by atoms with Crippen LogP contribution in [0.1, 0.15) is 586 Å². The van der Waals surface area contributed by atoms with E-state index in [1.54, 1.807) is 151 Å². The topological polar surface area (TPSA) is 37.3 Å². The van der Waals surface area contributed by atoms with Crippen LogP contribution >= 0.6 is 29.8 Å². The van der Waals surface area contributed by atoms with Gasteiger partial charge in [0.1, 0.15) is 0 Å². The Labute approximate surface area is 705 Å². The van der Waals surface area contributed by atoms with Crippen LogP contribution in [0.2, 0.25) is 0 Å². The van der Waals surface area contributed by atoms with Crippen molar-refractivity contribution < 1.29 is 9.46 Å². The summed E-state index contributed by atoms with van der Waals surface area (Å²) in [5.41, 5.74) is 0. The van der Waals surface area contributed by atoms with Crippen molar-refractivity contribution in [2.45, 2.75) is 591 Å². The van der Waals surface area contributed by atoms with E-state index in [0.29, 0.717) is 5.92 Å². The monoisotopic (exact) mass is 1630 g/mol. The molecule has 0 rings (SSSR count). The summed E-state index contributed by atoms with van der Waals surface area (Å²) in [6.07, 6.45) is 128. The van der Waals surface area contributed by atoms with Crippen molar-refractivity contribution in [3.8, 4) is 0 Å². The van der Waals surface area contributed by atoms with Crippen molar-refractivity contribution in [3.63, 3.8) is 0 Å². The summed E-state index contributed by atoms with van der Waals surface area (Å²) in [5, 5.41) is -0.388. The van der Waals surface area contributed by atoms with E-state index in [2.05, 4.69) is 90.0 Å². The molecule has 0 heterocycles. The molecule has 2 nitrogen and oxygen atoms in total. The first-order chi connectivity index (χ1) is 53.7. The second-order valence-electron chi connectivity index (χ2n) is 37.6. The fourth-order valence-electron chi connectivity index (χ4n) is 17.7. The predicted molar refractivity (Wildman–Crippen MR) is 529 cm³/mol. The van der Waals surface area contributed by atoms with E-state index in [0.717, 1.165) is 12.8 Å². The maximum atomic E-state index is 10.9. The molecule has 0 aliphatic rings. The Morgan fingerprint density at radius 1 is 0.191 bits per heavy atom. The SMILES string of the molecule is CCCC(C)C(C)(C)[PH](=O)O.CCCCCCCCCCCCCC[P+](CCCCCC)(CCCCCC)CCCCCC.CCCCCCCCCCCCCC[P+](CCCCCC)(CCCCCC)CCCCCC.CCCCCCCCCCCCCC[P+](CCCCCC)(CCCCCC)CCCCCC. The molecule has 2 atom stereocenters. The molecule has 0 aromatic heterocycles. The minimum absolute atomic E-state index is 0.337. The van der Waals surface area contributed by atoms with Crippen molar-refractivity contribution >= 4 is 29.8 Å². The average molecular weight is 1630 g/mol. The van der Waals surface area contributed by atoms with Gasteiger partial charge < -0.3 is 4.89 Å². The molecule has 0 spiro atoms. The Morgan fingerprint density at radius 2 is 0.291 bits per heavy atom. The van der Waals surface area contributed by atoms with E-state index < -0.39 is 29.8 Å². The third kappa shape index (κ3) is 83.1. The molecule has 668 valence electrons. The molecule has 0 aliphatic heterocycles. The van der Waals surface area contributed by atoms with E-state index in [-0.39, 0.29) is 5.16 Å². The van der Waals surface area contributed by atoms with Gasteiger partial charge in [0.25, 0.3) is 0 Å². The normalized spacial score (nSPS) is 12.6. The minimum atomic E-state index is -2.38. The van der Waals surface area contributed by atoms with Crippen LogP contribution in [0.25, 0.3) is 0 Å². The summed E-state index contributed by atoms with van der Waals surface area (Å²) in [7, 11) is -4.47. The summed E-state index contributed by atoms with van der Waals surface area (Å²) in [6, 6.07) is 0. The van der Waals surface area contributed by atoms with Gasteiger partial charge in [-0.15, -0.1) is 0 Å². The molecule has 0 aromatic rings. The molecule has 0 amide bonds. The van der Waals surface area contributed by atoms with Crippen LogP contribution in [0.5, 0.6) is 0 Å². The zero-order valence-electron chi connectivity index (χ0n) is 80.6. The van der Waals surface area contributed by atoms with Crippen LogP contribution in [-0.4, -0.2) is 84.0 Å². The molecule has 0 bridgehead atoms. The summed E-state index contributed by atoms with van der Waals surface area (Å²) >= 11 is 0. The minimum Gasteiger partial charge on any atom is -0.346 e. The molecule has 0 saturated carbocycles. The third-order valence-corrected chi connectivity index (χ3v) is 43.1. The quantitative estimate of drug-likeness (QED) is 0.0487. The van der Waals surface area contributed by atoms with Crippen LogP contribution in [0.4, 0.5) is 0 Å². The van der Waals surface area contributed by atoms with Crippen molar-refractivity contribution in [2.75, 3.05) is 73.9 Å². The summed E-state index contributed by atoms with van der Waals surface area (Å²) in [5.74, 6) is 0.337. The van der Waals surface area contributed by atoms with Crippen molar-refractivity contribution in [2.24, 2.45) is 5.92 Å². The van der Waals surface area contributed by atoms with E-state index >= 15 is 0 Å². The van der Waals surface area contributed by atoms with Gasteiger partial charge in [-0.05, 0) is 166 Å². The van der Waals surface area contributed by atoms with Crippen LogP contribution in [0.3, 0.4) is 0 Å². The molecule has 2 unspecified atom stereocenters. The Morgan fingerprint density at radius 3 is 0.391 bits per heavy atom. The number of rotatable bonds is 88. The van der Waals surface area contributed by atoms with Gasteiger partial charge in [-0.25, -0.2) is 0 Å². The molecule has 0 radical (unpaired) electrons. The average Bonchev–Trinajstić information content (AvgIpc) is 0.895. The second-order valence-corrected chi connectivity index (χ2v) is 53.0. The maximum absolute atomic E-state index is 10.9. The fraction of sp³-hybridized carbons (Fsp3) is 1.00. The first-order valence-corrected chi connectivity index (χ1v) is 61.4. The molecule has 0 aromatic carbocycles. The van der Waals surface area contributed by atoms with E-state index in [1.807, 2.05) is 20.8 Å². The van der Waals surface area contributed by atoms with Gasteiger partial charge in [0.2, 0.25) is 0 Å². The molecule has 0 fully saturated rings. The fourth-order valence-corrected chi connectivity index (χ4v) is 33.1. The van der Waals surface area contributed by atoms with Crippen molar-refractivity contribution in [1.29, 1.82) is 0 Å².